The summed E-state index contributed by atoms with van der Waals surface area (Å²) >= 11 is 0. The fourth-order valence-corrected chi connectivity index (χ4v) is 4.52. The first-order valence-electron chi connectivity index (χ1n) is 7.76. The number of non-ortho nitro benzene ring substituents is 1. The first kappa shape index (κ1) is 16.4. The van der Waals surface area contributed by atoms with E-state index >= 15 is 0 Å². The Labute approximate surface area is 140 Å². The van der Waals surface area contributed by atoms with Crippen molar-refractivity contribution in [3.05, 3.63) is 63.7 Å². The molecule has 24 heavy (non-hydrogen) atoms. The van der Waals surface area contributed by atoms with Gasteiger partial charge in [0.2, 0.25) is 0 Å². The van der Waals surface area contributed by atoms with E-state index in [4.69, 9.17) is 0 Å². The molecule has 1 heterocycles. The summed E-state index contributed by atoms with van der Waals surface area (Å²) in [7, 11) is -3.84. The summed E-state index contributed by atoms with van der Waals surface area (Å²) in [5.41, 5.74) is 2.43. The topological polar surface area (TPSA) is 80.5 Å². The fourth-order valence-electron chi connectivity index (χ4n) is 2.94. The average molecular weight is 346 g/mol. The number of aryl methyl sites for hydroxylation is 2. The molecule has 0 saturated heterocycles. The van der Waals surface area contributed by atoms with Gasteiger partial charge in [-0.05, 0) is 49.4 Å². The number of hydrogen-bond acceptors (Lipinski definition) is 4. The third kappa shape index (κ3) is 2.99. The van der Waals surface area contributed by atoms with E-state index in [1.165, 1.54) is 22.5 Å². The Kier molecular flexibility index (Phi) is 4.28. The van der Waals surface area contributed by atoms with Gasteiger partial charge in [-0.3, -0.25) is 14.4 Å². The molecular formula is C17H18N2O4S. The van der Waals surface area contributed by atoms with Gasteiger partial charge >= 0.3 is 0 Å². The van der Waals surface area contributed by atoms with Gasteiger partial charge in [-0.2, -0.15) is 0 Å². The van der Waals surface area contributed by atoms with Crippen LogP contribution in [0.4, 0.5) is 11.4 Å². The summed E-state index contributed by atoms with van der Waals surface area (Å²) in [5, 5.41) is 11.0. The van der Waals surface area contributed by atoms with Gasteiger partial charge < -0.3 is 0 Å². The molecule has 2 aromatic carbocycles. The van der Waals surface area contributed by atoms with Gasteiger partial charge in [-0.15, -0.1) is 0 Å². The largest absolute Gasteiger partial charge is 0.270 e. The lowest BCUT2D eigenvalue weighted by atomic mass is 10.1. The van der Waals surface area contributed by atoms with E-state index in [-0.39, 0.29) is 10.6 Å². The smallest absolute Gasteiger partial charge is 0.266 e. The zero-order valence-corrected chi connectivity index (χ0v) is 14.1. The van der Waals surface area contributed by atoms with Crippen molar-refractivity contribution >= 4 is 21.4 Å². The molecule has 126 valence electrons. The number of nitro benzene ring substituents is 1. The highest BCUT2D eigenvalue weighted by Crippen LogP contribution is 2.32. The third-order valence-corrected chi connectivity index (χ3v) is 5.99. The number of rotatable bonds is 3. The van der Waals surface area contributed by atoms with Crippen LogP contribution >= 0.6 is 0 Å². The predicted octanol–water partition coefficient (Wildman–Crippen LogP) is 3.43. The monoisotopic (exact) mass is 346 g/mol. The van der Waals surface area contributed by atoms with E-state index in [0.717, 1.165) is 36.5 Å². The third-order valence-electron chi connectivity index (χ3n) is 4.18. The number of fused-ring (bicyclic) bond motifs is 1. The van der Waals surface area contributed by atoms with E-state index in [2.05, 4.69) is 0 Å². The van der Waals surface area contributed by atoms with Crippen LogP contribution in [-0.2, 0) is 16.4 Å². The van der Waals surface area contributed by atoms with Gasteiger partial charge in [-0.25, -0.2) is 8.42 Å². The lowest BCUT2D eigenvalue weighted by Gasteiger charge is -2.25. The Bertz CT molecular complexity index is 893. The molecule has 2 aromatic rings. The number of nitrogens with zero attached hydrogens (tertiary/aromatic N) is 2. The van der Waals surface area contributed by atoms with Crippen molar-refractivity contribution in [2.45, 2.75) is 31.1 Å². The molecule has 7 heteroatoms. The van der Waals surface area contributed by atoms with E-state index in [1.54, 1.807) is 0 Å². The van der Waals surface area contributed by atoms with Gasteiger partial charge in [0.25, 0.3) is 15.7 Å². The maximum atomic E-state index is 13.1. The van der Waals surface area contributed by atoms with E-state index in [1.807, 2.05) is 25.1 Å². The molecule has 0 N–H and O–H groups in total. The number of hydrogen-bond donors (Lipinski definition) is 0. The molecule has 0 unspecified atom stereocenters. The zero-order chi connectivity index (χ0) is 17.3. The summed E-state index contributed by atoms with van der Waals surface area (Å²) in [4.78, 5) is 10.3. The van der Waals surface area contributed by atoms with Crippen LogP contribution in [0.2, 0.25) is 0 Å². The van der Waals surface area contributed by atoms with E-state index < -0.39 is 14.9 Å². The number of benzene rings is 2. The second-order valence-electron chi connectivity index (χ2n) is 5.92. The highest BCUT2D eigenvalue weighted by atomic mass is 32.2. The maximum Gasteiger partial charge on any atom is 0.270 e. The zero-order valence-electron chi connectivity index (χ0n) is 13.3. The molecule has 1 aliphatic heterocycles. The SMILES string of the molecule is Cc1ccc2c(c1)N(S(=O)(=O)c1cccc([N+](=O)[O-])c1)CCCC2. The molecule has 0 spiro atoms. The first-order chi connectivity index (χ1) is 11.4. The van der Waals surface area contributed by atoms with Crippen molar-refractivity contribution in [1.29, 1.82) is 0 Å². The van der Waals surface area contributed by atoms with E-state index in [0.29, 0.717) is 12.2 Å². The standard InChI is InChI=1S/C17H18N2O4S/c1-13-8-9-14-5-2-3-10-18(17(14)11-13)24(22,23)16-7-4-6-15(12-16)19(20)21/h4,6-9,11-12H,2-3,5,10H2,1H3. The van der Waals surface area contributed by atoms with E-state index in [9.17, 15) is 18.5 Å². The summed E-state index contributed by atoms with van der Waals surface area (Å²) < 4.78 is 27.6. The number of anilines is 1. The lowest BCUT2D eigenvalue weighted by Crippen LogP contribution is -2.32. The molecule has 0 atom stereocenters. The highest BCUT2D eigenvalue weighted by Gasteiger charge is 2.29. The molecule has 0 radical (unpaired) electrons. The predicted molar refractivity (Wildman–Crippen MR) is 91.7 cm³/mol. The van der Waals surface area contributed by atoms with Crippen LogP contribution in [0, 0.1) is 17.0 Å². The molecule has 1 aliphatic rings. The minimum atomic E-state index is -3.84. The summed E-state index contributed by atoms with van der Waals surface area (Å²) in [6.07, 6.45) is 2.50. The van der Waals surface area contributed by atoms with Crippen LogP contribution in [0.1, 0.15) is 24.0 Å². The van der Waals surface area contributed by atoms with Crippen molar-refractivity contribution in [3.8, 4) is 0 Å². The normalized spacial score (nSPS) is 14.8. The average Bonchev–Trinajstić information content (AvgIpc) is 2.77. The Morgan fingerprint density at radius 3 is 2.67 bits per heavy atom. The summed E-state index contributed by atoms with van der Waals surface area (Å²) in [5.74, 6) is 0. The van der Waals surface area contributed by atoms with Crippen LogP contribution in [0.15, 0.2) is 47.4 Å². The van der Waals surface area contributed by atoms with Crippen LogP contribution in [-0.4, -0.2) is 19.9 Å². The molecular weight excluding hydrogens is 328 g/mol. The van der Waals surface area contributed by atoms with Gasteiger partial charge in [0.05, 0.1) is 15.5 Å². The first-order valence-corrected chi connectivity index (χ1v) is 9.20. The molecule has 0 aliphatic carbocycles. The van der Waals surface area contributed by atoms with Gasteiger partial charge in [0.1, 0.15) is 0 Å². The fraction of sp³-hybridized carbons (Fsp3) is 0.294. The Morgan fingerprint density at radius 1 is 1.12 bits per heavy atom. The van der Waals surface area contributed by atoms with Crippen molar-refractivity contribution in [2.75, 3.05) is 10.8 Å². The van der Waals surface area contributed by atoms with Crippen LogP contribution in [0.3, 0.4) is 0 Å². The van der Waals surface area contributed by atoms with Gasteiger partial charge in [0.15, 0.2) is 0 Å². The molecule has 0 saturated carbocycles. The maximum absolute atomic E-state index is 13.1. The van der Waals surface area contributed by atoms with Crippen LogP contribution in [0.5, 0.6) is 0 Å². The molecule has 0 bridgehead atoms. The molecule has 0 aromatic heterocycles. The molecule has 0 amide bonds. The number of sulfonamides is 1. The van der Waals surface area contributed by atoms with Gasteiger partial charge in [-0.1, -0.05) is 18.2 Å². The van der Waals surface area contributed by atoms with Crippen molar-refractivity contribution in [2.24, 2.45) is 0 Å². The van der Waals surface area contributed by atoms with Crippen LogP contribution < -0.4 is 4.31 Å². The molecule has 3 rings (SSSR count). The van der Waals surface area contributed by atoms with Gasteiger partial charge in [0, 0.05) is 18.7 Å². The second kappa shape index (κ2) is 6.24. The minimum Gasteiger partial charge on any atom is -0.266 e. The highest BCUT2D eigenvalue weighted by molar-refractivity contribution is 7.92. The van der Waals surface area contributed by atoms with Crippen molar-refractivity contribution in [3.63, 3.8) is 0 Å². The molecule has 0 fully saturated rings. The van der Waals surface area contributed by atoms with Crippen LogP contribution in [0.25, 0.3) is 0 Å². The Morgan fingerprint density at radius 2 is 1.92 bits per heavy atom. The number of nitro groups is 1. The Hall–Kier alpha value is -2.41. The van der Waals surface area contributed by atoms with Crippen molar-refractivity contribution < 1.29 is 13.3 Å². The summed E-state index contributed by atoms with van der Waals surface area (Å²) in [6, 6.07) is 11.0. The Balaban J connectivity index is 2.12. The molecule has 6 nitrogen and oxygen atoms in total. The quantitative estimate of drug-likeness (QED) is 0.630. The van der Waals surface area contributed by atoms with Crippen molar-refractivity contribution in [1.82, 2.24) is 0 Å². The second-order valence-corrected chi connectivity index (χ2v) is 7.78. The minimum absolute atomic E-state index is 0.0499. The summed E-state index contributed by atoms with van der Waals surface area (Å²) in [6.45, 7) is 2.30. The lowest BCUT2D eigenvalue weighted by molar-refractivity contribution is -0.385.